The predicted octanol–water partition coefficient (Wildman–Crippen LogP) is 2.31. The predicted molar refractivity (Wildman–Crippen MR) is 98.4 cm³/mol. The number of benzene rings is 2. The minimum absolute atomic E-state index is 0.0167. The Labute approximate surface area is 147 Å². The Hall–Kier alpha value is -3.02. The molecule has 0 unspecified atom stereocenters. The quantitative estimate of drug-likeness (QED) is 0.757. The number of hydrogen-bond acceptors (Lipinski definition) is 4. The molecule has 2 aromatic rings. The molecule has 0 saturated heterocycles. The molecular weight excluding hydrogens is 318 g/mol. The van der Waals surface area contributed by atoms with Gasteiger partial charge in [-0.3, -0.25) is 9.59 Å². The van der Waals surface area contributed by atoms with Gasteiger partial charge >= 0.3 is 0 Å². The third-order valence-electron chi connectivity index (χ3n) is 3.68. The molecule has 0 bridgehead atoms. The van der Waals surface area contributed by atoms with Crippen molar-refractivity contribution in [2.24, 2.45) is 0 Å². The average Bonchev–Trinajstić information content (AvgIpc) is 2.60. The number of nitrogens with one attached hydrogen (secondary N) is 1. The Kier molecular flexibility index (Phi) is 6.39. The summed E-state index contributed by atoms with van der Waals surface area (Å²) < 4.78 is 5.39. The molecule has 0 spiro atoms. The normalized spacial score (nSPS) is 10.2. The Morgan fingerprint density at radius 3 is 2.40 bits per heavy atom. The molecule has 0 heterocycles. The van der Waals surface area contributed by atoms with Crippen LogP contribution in [0, 0.1) is 0 Å². The number of nitrogens with two attached hydrogens (primary N) is 1. The molecule has 0 aliphatic rings. The first-order valence-electron chi connectivity index (χ1n) is 8.02. The third kappa shape index (κ3) is 5.84. The summed E-state index contributed by atoms with van der Waals surface area (Å²) in [7, 11) is 3.35. The fourth-order valence-corrected chi connectivity index (χ4v) is 2.14. The summed E-state index contributed by atoms with van der Waals surface area (Å²) in [5.41, 5.74) is 8.21. The number of hydrogen-bond donors (Lipinski definition) is 2. The Balaban J connectivity index is 1.81. The maximum atomic E-state index is 12.0. The van der Waals surface area contributed by atoms with E-state index in [1.165, 1.54) is 4.90 Å². The zero-order valence-corrected chi connectivity index (χ0v) is 14.5. The number of anilines is 2. The number of para-hydroxylation sites is 1. The van der Waals surface area contributed by atoms with Crippen LogP contribution < -0.4 is 15.8 Å². The van der Waals surface area contributed by atoms with E-state index >= 15 is 0 Å². The molecule has 0 aliphatic carbocycles. The van der Waals surface area contributed by atoms with Gasteiger partial charge in [-0.15, -0.1) is 0 Å². The number of aryl methyl sites for hydroxylation is 1. The molecule has 25 heavy (non-hydrogen) atoms. The fourth-order valence-electron chi connectivity index (χ4n) is 2.14. The molecule has 0 saturated carbocycles. The molecular formula is C19H23N3O3. The van der Waals surface area contributed by atoms with Gasteiger partial charge < -0.3 is 20.7 Å². The van der Waals surface area contributed by atoms with Crippen molar-refractivity contribution in [1.29, 1.82) is 0 Å². The summed E-state index contributed by atoms with van der Waals surface area (Å²) in [4.78, 5) is 25.0. The molecule has 2 amide bonds. The van der Waals surface area contributed by atoms with Crippen LogP contribution in [0.5, 0.6) is 5.75 Å². The lowest BCUT2D eigenvalue weighted by Gasteiger charge is -2.12. The first-order valence-corrected chi connectivity index (χ1v) is 8.02. The Morgan fingerprint density at radius 2 is 1.76 bits per heavy atom. The first kappa shape index (κ1) is 18.3. The second-order valence-electron chi connectivity index (χ2n) is 5.85. The molecule has 0 aromatic heterocycles. The first-order chi connectivity index (χ1) is 12.0. The van der Waals surface area contributed by atoms with Crippen molar-refractivity contribution in [2.75, 3.05) is 31.8 Å². The van der Waals surface area contributed by atoms with Crippen LogP contribution in [0.15, 0.2) is 48.5 Å². The van der Waals surface area contributed by atoms with Crippen LogP contribution in [0.2, 0.25) is 0 Å². The van der Waals surface area contributed by atoms with Gasteiger partial charge in [0.2, 0.25) is 5.91 Å². The number of amides is 2. The second kappa shape index (κ2) is 8.73. The lowest BCUT2D eigenvalue weighted by molar-refractivity contribution is -0.130. The van der Waals surface area contributed by atoms with Crippen LogP contribution in [-0.4, -0.2) is 37.4 Å². The van der Waals surface area contributed by atoms with E-state index in [9.17, 15) is 9.59 Å². The monoisotopic (exact) mass is 341 g/mol. The average molecular weight is 341 g/mol. The lowest BCUT2D eigenvalue weighted by atomic mass is 10.1. The fraction of sp³-hybridized carbons (Fsp3) is 0.263. The standard InChI is InChI=1S/C19H23N3O3/c1-22(2)19(24)13-25-16-10-8-15(9-11-16)21-18(23)12-7-14-5-3-4-6-17(14)20/h3-6,8-11H,7,12-13,20H2,1-2H3,(H,21,23). The summed E-state index contributed by atoms with van der Waals surface area (Å²) >= 11 is 0. The molecule has 2 rings (SSSR count). The van der Waals surface area contributed by atoms with Gasteiger partial charge in [-0.1, -0.05) is 18.2 Å². The van der Waals surface area contributed by atoms with Crippen molar-refractivity contribution in [3.8, 4) is 5.75 Å². The van der Waals surface area contributed by atoms with Crippen LogP contribution in [0.25, 0.3) is 0 Å². The zero-order valence-electron chi connectivity index (χ0n) is 14.5. The van der Waals surface area contributed by atoms with Crippen molar-refractivity contribution in [3.63, 3.8) is 0 Å². The van der Waals surface area contributed by atoms with E-state index < -0.39 is 0 Å². The van der Waals surface area contributed by atoms with Crippen molar-refractivity contribution in [2.45, 2.75) is 12.8 Å². The maximum Gasteiger partial charge on any atom is 0.259 e. The van der Waals surface area contributed by atoms with Crippen molar-refractivity contribution >= 4 is 23.2 Å². The number of carbonyl (C=O) groups excluding carboxylic acids is 2. The van der Waals surface area contributed by atoms with E-state index in [-0.39, 0.29) is 18.4 Å². The molecule has 3 N–H and O–H groups in total. The van der Waals surface area contributed by atoms with Gasteiger partial charge in [-0.25, -0.2) is 0 Å². The van der Waals surface area contributed by atoms with Gasteiger partial charge in [0, 0.05) is 31.9 Å². The molecule has 0 atom stereocenters. The summed E-state index contributed by atoms with van der Waals surface area (Å²) in [6.45, 7) is -0.0167. The summed E-state index contributed by atoms with van der Waals surface area (Å²) in [5, 5.41) is 2.83. The number of ether oxygens (including phenoxy) is 1. The van der Waals surface area contributed by atoms with E-state index in [0.29, 0.717) is 30.0 Å². The number of carbonyl (C=O) groups is 2. The molecule has 2 aromatic carbocycles. The van der Waals surface area contributed by atoms with Gasteiger partial charge in [0.15, 0.2) is 6.61 Å². The topological polar surface area (TPSA) is 84.7 Å². The summed E-state index contributed by atoms with van der Waals surface area (Å²) in [6, 6.07) is 14.4. The van der Waals surface area contributed by atoms with Gasteiger partial charge in [-0.2, -0.15) is 0 Å². The molecule has 6 heteroatoms. The van der Waals surface area contributed by atoms with Gasteiger partial charge in [0.25, 0.3) is 5.91 Å². The number of likely N-dealkylation sites (N-methyl/N-ethyl adjacent to an activating group) is 1. The SMILES string of the molecule is CN(C)C(=O)COc1ccc(NC(=O)CCc2ccccc2N)cc1. The highest BCUT2D eigenvalue weighted by atomic mass is 16.5. The molecule has 6 nitrogen and oxygen atoms in total. The highest BCUT2D eigenvalue weighted by Crippen LogP contribution is 2.17. The van der Waals surface area contributed by atoms with E-state index in [2.05, 4.69) is 5.32 Å². The minimum atomic E-state index is -0.113. The molecule has 0 aliphatic heterocycles. The van der Waals surface area contributed by atoms with E-state index in [1.54, 1.807) is 38.4 Å². The zero-order chi connectivity index (χ0) is 18.2. The largest absolute Gasteiger partial charge is 0.484 e. The van der Waals surface area contributed by atoms with Crippen LogP contribution in [0.1, 0.15) is 12.0 Å². The van der Waals surface area contributed by atoms with Gasteiger partial charge in [0.1, 0.15) is 5.75 Å². The van der Waals surface area contributed by atoms with Crippen molar-refractivity contribution in [1.82, 2.24) is 4.90 Å². The smallest absolute Gasteiger partial charge is 0.259 e. The number of nitrogen functional groups attached to an aromatic ring is 1. The number of nitrogens with zero attached hydrogens (tertiary/aromatic N) is 1. The summed E-state index contributed by atoms with van der Waals surface area (Å²) in [5.74, 6) is 0.377. The van der Waals surface area contributed by atoms with Crippen LogP contribution >= 0.6 is 0 Å². The molecule has 132 valence electrons. The Morgan fingerprint density at radius 1 is 1.08 bits per heavy atom. The van der Waals surface area contributed by atoms with E-state index in [1.807, 2.05) is 24.3 Å². The molecule has 0 radical (unpaired) electrons. The van der Waals surface area contributed by atoms with E-state index in [0.717, 1.165) is 5.56 Å². The molecule has 0 fully saturated rings. The Bertz CT molecular complexity index is 727. The van der Waals surface area contributed by atoms with Gasteiger partial charge in [-0.05, 0) is 42.3 Å². The third-order valence-corrected chi connectivity index (χ3v) is 3.68. The van der Waals surface area contributed by atoms with Crippen LogP contribution in [0.4, 0.5) is 11.4 Å². The van der Waals surface area contributed by atoms with Crippen LogP contribution in [-0.2, 0) is 16.0 Å². The highest BCUT2D eigenvalue weighted by Gasteiger charge is 2.07. The van der Waals surface area contributed by atoms with Gasteiger partial charge in [0.05, 0.1) is 0 Å². The van der Waals surface area contributed by atoms with Crippen LogP contribution in [0.3, 0.4) is 0 Å². The second-order valence-corrected chi connectivity index (χ2v) is 5.85. The lowest BCUT2D eigenvalue weighted by Crippen LogP contribution is -2.27. The van der Waals surface area contributed by atoms with Crippen molar-refractivity contribution < 1.29 is 14.3 Å². The minimum Gasteiger partial charge on any atom is -0.484 e. The van der Waals surface area contributed by atoms with Crippen molar-refractivity contribution in [3.05, 3.63) is 54.1 Å². The highest BCUT2D eigenvalue weighted by molar-refractivity contribution is 5.91. The number of rotatable bonds is 7. The van der Waals surface area contributed by atoms with E-state index in [4.69, 9.17) is 10.5 Å². The maximum absolute atomic E-state index is 12.0. The summed E-state index contributed by atoms with van der Waals surface area (Å²) in [6.07, 6.45) is 0.941.